The van der Waals surface area contributed by atoms with E-state index in [1.807, 2.05) is 0 Å². The molecular weight excluding hydrogens is 276 g/mol. The van der Waals surface area contributed by atoms with Crippen LogP contribution in [0.1, 0.15) is 44.9 Å². The maximum absolute atomic E-state index is 3.60. The van der Waals surface area contributed by atoms with E-state index in [9.17, 15) is 0 Å². The molecule has 100 valence electrons. The number of hydrogen-bond acceptors (Lipinski definition) is 2. The number of likely N-dealkylation sites (tertiary alicyclic amines) is 2. The lowest BCUT2D eigenvalue weighted by Gasteiger charge is -2.35. The van der Waals surface area contributed by atoms with Crippen molar-refractivity contribution in [2.45, 2.75) is 51.0 Å². The van der Waals surface area contributed by atoms with E-state index < -0.39 is 0 Å². The summed E-state index contributed by atoms with van der Waals surface area (Å²) in [5.74, 6) is 0. The number of halogens is 1. The third kappa shape index (κ3) is 4.53. The molecule has 2 heterocycles. The first-order valence-corrected chi connectivity index (χ1v) is 8.54. The predicted molar refractivity (Wildman–Crippen MR) is 77.9 cm³/mol. The van der Waals surface area contributed by atoms with E-state index in [0.717, 1.165) is 6.04 Å². The molecule has 0 aliphatic carbocycles. The number of hydrogen-bond donors (Lipinski definition) is 0. The molecule has 1 unspecified atom stereocenters. The Balaban J connectivity index is 1.64. The van der Waals surface area contributed by atoms with Crippen LogP contribution in [0.5, 0.6) is 0 Å². The first-order valence-electron chi connectivity index (χ1n) is 7.42. The van der Waals surface area contributed by atoms with E-state index in [0.29, 0.717) is 0 Å². The van der Waals surface area contributed by atoms with Crippen LogP contribution in [0.15, 0.2) is 0 Å². The van der Waals surface area contributed by atoms with Crippen molar-refractivity contribution in [3.05, 3.63) is 0 Å². The van der Waals surface area contributed by atoms with Crippen LogP contribution in [-0.2, 0) is 0 Å². The standard InChI is InChI=1S/C14H27BrN2/c15-8-7-14-6-1-2-12-17(14)13-5-11-16-9-3-4-10-16/h14H,1-13H2. The normalized spacial score (nSPS) is 27.7. The first kappa shape index (κ1) is 13.8. The Hall–Kier alpha value is 0.400. The molecule has 0 aromatic rings. The second-order valence-corrected chi connectivity index (χ2v) is 6.36. The van der Waals surface area contributed by atoms with E-state index in [-0.39, 0.29) is 0 Å². The van der Waals surface area contributed by atoms with Crippen molar-refractivity contribution in [1.29, 1.82) is 0 Å². The summed E-state index contributed by atoms with van der Waals surface area (Å²) in [6.07, 6.45) is 9.85. The van der Waals surface area contributed by atoms with Crippen LogP contribution >= 0.6 is 15.9 Å². The Morgan fingerprint density at radius 2 is 1.71 bits per heavy atom. The third-order valence-electron chi connectivity index (χ3n) is 4.31. The zero-order chi connectivity index (χ0) is 11.9. The quantitative estimate of drug-likeness (QED) is 0.696. The van der Waals surface area contributed by atoms with Gasteiger partial charge in [0.05, 0.1) is 0 Å². The lowest BCUT2D eigenvalue weighted by Crippen LogP contribution is -2.41. The summed E-state index contributed by atoms with van der Waals surface area (Å²) in [6, 6.07) is 0.863. The average molecular weight is 303 g/mol. The summed E-state index contributed by atoms with van der Waals surface area (Å²) < 4.78 is 0. The van der Waals surface area contributed by atoms with Gasteiger partial charge in [0.2, 0.25) is 0 Å². The number of rotatable bonds is 6. The van der Waals surface area contributed by atoms with Crippen molar-refractivity contribution in [3.63, 3.8) is 0 Å². The van der Waals surface area contributed by atoms with Crippen molar-refractivity contribution < 1.29 is 0 Å². The van der Waals surface area contributed by atoms with Gasteiger partial charge in [0.1, 0.15) is 0 Å². The Kier molecular flexibility index (Phi) is 6.30. The van der Waals surface area contributed by atoms with E-state index >= 15 is 0 Å². The maximum atomic E-state index is 3.60. The summed E-state index contributed by atoms with van der Waals surface area (Å²) in [5.41, 5.74) is 0. The fourth-order valence-electron chi connectivity index (χ4n) is 3.31. The Morgan fingerprint density at radius 3 is 2.47 bits per heavy atom. The molecule has 0 bridgehead atoms. The SMILES string of the molecule is BrCCC1CCCCN1CCCN1CCCC1. The summed E-state index contributed by atoms with van der Waals surface area (Å²) in [6.45, 7) is 6.71. The van der Waals surface area contributed by atoms with Crippen LogP contribution in [-0.4, -0.2) is 53.9 Å². The fraction of sp³-hybridized carbons (Fsp3) is 1.00. The molecule has 0 spiro atoms. The van der Waals surface area contributed by atoms with Crippen LogP contribution in [0, 0.1) is 0 Å². The zero-order valence-electron chi connectivity index (χ0n) is 11.0. The number of nitrogens with zero attached hydrogens (tertiary/aromatic N) is 2. The highest BCUT2D eigenvalue weighted by Crippen LogP contribution is 2.20. The summed E-state index contributed by atoms with van der Waals surface area (Å²) in [4.78, 5) is 5.39. The minimum Gasteiger partial charge on any atom is -0.303 e. The molecule has 0 amide bonds. The van der Waals surface area contributed by atoms with Gasteiger partial charge in [-0.05, 0) is 71.2 Å². The van der Waals surface area contributed by atoms with Gasteiger partial charge in [0.25, 0.3) is 0 Å². The van der Waals surface area contributed by atoms with Crippen LogP contribution < -0.4 is 0 Å². The molecule has 0 radical (unpaired) electrons. The second-order valence-electron chi connectivity index (χ2n) is 5.57. The van der Waals surface area contributed by atoms with Crippen LogP contribution in [0.2, 0.25) is 0 Å². The smallest absolute Gasteiger partial charge is 0.0103 e. The molecular formula is C14H27BrN2. The summed E-state index contributed by atoms with van der Waals surface area (Å²) >= 11 is 3.60. The largest absolute Gasteiger partial charge is 0.303 e. The predicted octanol–water partition coefficient (Wildman–Crippen LogP) is 3.11. The molecule has 2 aliphatic rings. The molecule has 2 saturated heterocycles. The highest BCUT2D eigenvalue weighted by Gasteiger charge is 2.21. The van der Waals surface area contributed by atoms with Gasteiger partial charge in [0, 0.05) is 11.4 Å². The molecule has 0 aromatic carbocycles. The molecule has 2 nitrogen and oxygen atoms in total. The summed E-state index contributed by atoms with van der Waals surface area (Å²) in [5, 5.41) is 1.17. The zero-order valence-corrected chi connectivity index (χ0v) is 12.6. The Bertz CT molecular complexity index is 202. The van der Waals surface area contributed by atoms with Gasteiger partial charge in [-0.2, -0.15) is 0 Å². The van der Waals surface area contributed by atoms with Gasteiger partial charge in [-0.1, -0.05) is 22.4 Å². The summed E-state index contributed by atoms with van der Waals surface area (Å²) in [7, 11) is 0. The molecule has 17 heavy (non-hydrogen) atoms. The molecule has 2 fully saturated rings. The van der Waals surface area contributed by atoms with Crippen LogP contribution in [0.25, 0.3) is 0 Å². The topological polar surface area (TPSA) is 6.48 Å². The van der Waals surface area contributed by atoms with Gasteiger partial charge in [-0.25, -0.2) is 0 Å². The van der Waals surface area contributed by atoms with Gasteiger partial charge in [-0.3, -0.25) is 0 Å². The van der Waals surface area contributed by atoms with Crippen LogP contribution in [0.3, 0.4) is 0 Å². The van der Waals surface area contributed by atoms with E-state index in [1.54, 1.807) is 0 Å². The fourth-order valence-corrected chi connectivity index (χ4v) is 3.84. The Labute approximate surface area is 115 Å². The molecule has 0 saturated carbocycles. The van der Waals surface area contributed by atoms with Crippen molar-refractivity contribution in [2.75, 3.05) is 38.1 Å². The van der Waals surface area contributed by atoms with Crippen LogP contribution in [0.4, 0.5) is 0 Å². The van der Waals surface area contributed by atoms with Crippen molar-refractivity contribution in [2.24, 2.45) is 0 Å². The van der Waals surface area contributed by atoms with E-state index in [2.05, 4.69) is 25.7 Å². The maximum Gasteiger partial charge on any atom is 0.0103 e. The van der Waals surface area contributed by atoms with Crippen molar-refractivity contribution in [3.8, 4) is 0 Å². The minimum absolute atomic E-state index is 0.863. The van der Waals surface area contributed by atoms with E-state index in [1.165, 1.54) is 83.0 Å². The highest BCUT2D eigenvalue weighted by atomic mass is 79.9. The Morgan fingerprint density at radius 1 is 0.941 bits per heavy atom. The van der Waals surface area contributed by atoms with Gasteiger partial charge in [0.15, 0.2) is 0 Å². The lowest BCUT2D eigenvalue weighted by molar-refractivity contribution is 0.138. The molecule has 0 aromatic heterocycles. The molecule has 0 N–H and O–H groups in total. The average Bonchev–Trinajstić information content (AvgIpc) is 2.85. The molecule has 2 aliphatic heterocycles. The molecule has 2 rings (SSSR count). The number of alkyl halides is 1. The minimum atomic E-state index is 0.863. The van der Waals surface area contributed by atoms with Gasteiger partial charge < -0.3 is 9.80 Å². The molecule has 1 atom stereocenters. The third-order valence-corrected chi connectivity index (χ3v) is 4.77. The monoisotopic (exact) mass is 302 g/mol. The van der Waals surface area contributed by atoms with E-state index in [4.69, 9.17) is 0 Å². The lowest BCUT2D eigenvalue weighted by atomic mass is 10.00. The highest BCUT2D eigenvalue weighted by molar-refractivity contribution is 9.09. The molecule has 3 heteroatoms. The van der Waals surface area contributed by atoms with Gasteiger partial charge in [-0.15, -0.1) is 0 Å². The van der Waals surface area contributed by atoms with Crippen molar-refractivity contribution >= 4 is 15.9 Å². The second kappa shape index (κ2) is 7.75. The van der Waals surface area contributed by atoms with Gasteiger partial charge >= 0.3 is 0 Å². The first-order chi connectivity index (χ1) is 8.40. The van der Waals surface area contributed by atoms with Crippen molar-refractivity contribution in [1.82, 2.24) is 9.80 Å². The number of piperidine rings is 1.